The van der Waals surface area contributed by atoms with Crippen molar-refractivity contribution in [3.8, 4) is 5.75 Å². The van der Waals surface area contributed by atoms with Crippen LogP contribution in [0.2, 0.25) is 15.1 Å². The molecule has 1 aliphatic rings. The van der Waals surface area contributed by atoms with Gasteiger partial charge in [0, 0.05) is 17.6 Å². The first-order chi connectivity index (χ1) is 9.66. The Morgan fingerprint density at radius 2 is 1.60 bits per heavy atom. The van der Waals surface area contributed by atoms with E-state index in [1.165, 1.54) is 38.5 Å². The second-order valence-electron chi connectivity index (χ2n) is 5.19. The van der Waals surface area contributed by atoms with Crippen LogP contribution in [0.15, 0.2) is 12.1 Å². The molecule has 112 valence electrons. The maximum Gasteiger partial charge on any atom is 0.156 e. The number of ether oxygens (including phenoxy) is 1. The quantitative estimate of drug-likeness (QED) is 0.579. The van der Waals surface area contributed by atoms with Gasteiger partial charge in [0.25, 0.3) is 0 Å². The monoisotopic (exact) mass is 335 g/mol. The van der Waals surface area contributed by atoms with Crippen molar-refractivity contribution < 1.29 is 4.74 Å². The van der Waals surface area contributed by atoms with E-state index in [0.29, 0.717) is 33.5 Å². The molecule has 0 radical (unpaired) electrons. The third-order valence-corrected chi connectivity index (χ3v) is 4.38. The molecule has 0 spiro atoms. The zero-order chi connectivity index (χ0) is 14.4. The first-order valence-corrected chi connectivity index (χ1v) is 8.31. The molecule has 0 saturated heterocycles. The molecule has 1 fully saturated rings. The van der Waals surface area contributed by atoms with Gasteiger partial charge in [0.15, 0.2) is 5.75 Å². The predicted molar refractivity (Wildman–Crippen MR) is 86.5 cm³/mol. The molecular formula is C15H20Cl3NO. The molecule has 1 N–H and O–H groups in total. The molecule has 1 aromatic carbocycles. The van der Waals surface area contributed by atoms with E-state index in [4.69, 9.17) is 39.5 Å². The first-order valence-electron chi connectivity index (χ1n) is 7.17. The summed E-state index contributed by atoms with van der Waals surface area (Å²) in [6.45, 7) is 1.36. The fraction of sp³-hybridized carbons (Fsp3) is 0.600. The largest absolute Gasteiger partial charge is 0.489 e. The van der Waals surface area contributed by atoms with Crippen molar-refractivity contribution in [3.05, 3.63) is 27.2 Å². The average molecular weight is 337 g/mol. The highest BCUT2D eigenvalue weighted by atomic mass is 35.5. The molecule has 0 amide bonds. The van der Waals surface area contributed by atoms with Crippen molar-refractivity contribution in [3.63, 3.8) is 0 Å². The molecule has 0 atom stereocenters. The van der Waals surface area contributed by atoms with E-state index in [2.05, 4.69) is 5.32 Å². The highest BCUT2D eigenvalue weighted by molar-refractivity contribution is 6.40. The van der Waals surface area contributed by atoms with Crippen molar-refractivity contribution in [2.75, 3.05) is 13.2 Å². The fourth-order valence-corrected chi connectivity index (χ4v) is 3.49. The van der Waals surface area contributed by atoms with Gasteiger partial charge in [-0.1, -0.05) is 60.5 Å². The van der Waals surface area contributed by atoms with Gasteiger partial charge in [-0.3, -0.25) is 0 Å². The zero-order valence-corrected chi connectivity index (χ0v) is 13.7. The minimum Gasteiger partial charge on any atom is -0.489 e. The summed E-state index contributed by atoms with van der Waals surface area (Å²) in [4.78, 5) is 0. The summed E-state index contributed by atoms with van der Waals surface area (Å²) in [5.41, 5.74) is 0. The average Bonchev–Trinajstić information content (AvgIpc) is 2.65. The third-order valence-electron chi connectivity index (χ3n) is 3.60. The summed E-state index contributed by atoms with van der Waals surface area (Å²) >= 11 is 18.0. The van der Waals surface area contributed by atoms with Crippen LogP contribution in [0.5, 0.6) is 5.75 Å². The Hall–Kier alpha value is -0.150. The molecule has 1 aromatic rings. The van der Waals surface area contributed by atoms with Gasteiger partial charge < -0.3 is 10.1 Å². The highest BCUT2D eigenvalue weighted by Gasteiger charge is 2.12. The van der Waals surface area contributed by atoms with Crippen LogP contribution in [-0.4, -0.2) is 19.2 Å². The Morgan fingerprint density at radius 3 is 2.20 bits per heavy atom. The number of rotatable bonds is 5. The first kappa shape index (κ1) is 16.2. The van der Waals surface area contributed by atoms with Crippen LogP contribution < -0.4 is 10.1 Å². The molecule has 5 heteroatoms. The van der Waals surface area contributed by atoms with Crippen molar-refractivity contribution in [1.29, 1.82) is 0 Å². The van der Waals surface area contributed by atoms with E-state index in [1.807, 2.05) is 0 Å². The number of hydrogen-bond acceptors (Lipinski definition) is 2. The maximum atomic E-state index is 6.07. The Balaban J connectivity index is 1.75. The van der Waals surface area contributed by atoms with E-state index >= 15 is 0 Å². The fourth-order valence-electron chi connectivity index (χ4n) is 2.57. The van der Waals surface area contributed by atoms with Crippen LogP contribution in [0, 0.1) is 0 Å². The number of benzene rings is 1. The Kier molecular flexibility index (Phi) is 6.76. The standard InChI is InChI=1S/C15H20Cl3NO/c16-11-9-13(17)15(14(18)10-11)20-8-7-19-12-5-3-1-2-4-6-12/h9-10,12,19H,1-8H2. The number of hydrogen-bond donors (Lipinski definition) is 1. The number of halogens is 3. The van der Waals surface area contributed by atoms with Gasteiger partial charge in [-0.2, -0.15) is 0 Å². The molecule has 0 unspecified atom stereocenters. The summed E-state index contributed by atoms with van der Waals surface area (Å²) in [6.07, 6.45) is 7.92. The second kappa shape index (κ2) is 8.33. The summed E-state index contributed by atoms with van der Waals surface area (Å²) in [5, 5.41) is 4.97. The lowest BCUT2D eigenvalue weighted by Crippen LogP contribution is -2.32. The van der Waals surface area contributed by atoms with E-state index in [-0.39, 0.29) is 0 Å². The summed E-state index contributed by atoms with van der Waals surface area (Å²) < 4.78 is 5.66. The van der Waals surface area contributed by atoms with Gasteiger partial charge in [0.2, 0.25) is 0 Å². The number of nitrogens with one attached hydrogen (secondary N) is 1. The van der Waals surface area contributed by atoms with Crippen LogP contribution in [-0.2, 0) is 0 Å². The van der Waals surface area contributed by atoms with Gasteiger partial charge in [-0.25, -0.2) is 0 Å². The minimum atomic E-state index is 0.456. The molecule has 1 aliphatic carbocycles. The van der Waals surface area contributed by atoms with Gasteiger partial charge in [0.1, 0.15) is 6.61 Å². The van der Waals surface area contributed by atoms with E-state index in [0.717, 1.165) is 6.54 Å². The SMILES string of the molecule is Clc1cc(Cl)c(OCCNC2CCCCCC2)c(Cl)c1. The lowest BCUT2D eigenvalue weighted by atomic mass is 10.1. The van der Waals surface area contributed by atoms with Crippen LogP contribution in [0.25, 0.3) is 0 Å². The topological polar surface area (TPSA) is 21.3 Å². The summed E-state index contributed by atoms with van der Waals surface area (Å²) in [5.74, 6) is 0.514. The predicted octanol–water partition coefficient (Wildman–Crippen LogP) is 5.34. The molecule has 0 heterocycles. The molecule has 0 bridgehead atoms. The van der Waals surface area contributed by atoms with Gasteiger partial charge >= 0.3 is 0 Å². The van der Waals surface area contributed by atoms with Crippen LogP contribution in [0.3, 0.4) is 0 Å². The lowest BCUT2D eigenvalue weighted by Gasteiger charge is -2.17. The van der Waals surface area contributed by atoms with E-state index in [9.17, 15) is 0 Å². The summed E-state index contributed by atoms with van der Waals surface area (Å²) in [7, 11) is 0. The second-order valence-corrected chi connectivity index (χ2v) is 6.44. The Morgan fingerprint density at radius 1 is 1.00 bits per heavy atom. The molecule has 20 heavy (non-hydrogen) atoms. The van der Waals surface area contributed by atoms with Crippen molar-refractivity contribution in [2.24, 2.45) is 0 Å². The molecule has 0 aromatic heterocycles. The third kappa shape index (κ3) is 5.00. The molecular weight excluding hydrogens is 317 g/mol. The lowest BCUT2D eigenvalue weighted by molar-refractivity contribution is 0.300. The Labute approximate surface area is 135 Å². The van der Waals surface area contributed by atoms with Crippen molar-refractivity contribution in [1.82, 2.24) is 5.32 Å². The van der Waals surface area contributed by atoms with Gasteiger partial charge in [-0.15, -0.1) is 0 Å². The maximum absolute atomic E-state index is 6.07. The molecule has 2 nitrogen and oxygen atoms in total. The smallest absolute Gasteiger partial charge is 0.156 e. The molecule has 0 aliphatic heterocycles. The Bertz CT molecular complexity index is 408. The van der Waals surface area contributed by atoms with E-state index < -0.39 is 0 Å². The van der Waals surface area contributed by atoms with Gasteiger partial charge in [-0.05, 0) is 25.0 Å². The molecule has 2 rings (SSSR count). The molecule has 1 saturated carbocycles. The normalized spacial score (nSPS) is 16.9. The summed E-state index contributed by atoms with van der Waals surface area (Å²) in [6, 6.07) is 3.91. The highest BCUT2D eigenvalue weighted by Crippen LogP contribution is 2.35. The minimum absolute atomic E-state index is 0.456. The van der Waals surface area contributed by atoms with Crippen molar-refractivity contribution in [2.45, 2.75) is 44.6 Å². The van der Waals surface area contributed by atoms with Gasteiger partial charge in [0.05, 0.1) is 10.0 Å². The van der Waals surface area contributed by atoms with Crippen LogP contribution >= 0.6 is 34.8 Å². The van der Waals surface area contributed by atoms with E-state index in [1.54, 1.807) is 12.1 Å². The van der Waals surface area contributed by atoms with Crippen molar-refractivity contribution >= 4 is 34.8 Å². The van der Waals surface area contributed by atoms with Crippen LogP contribution in [0.1, 0.15) is 38.5 Å². The zero-order valence-electron chi connectivity index (χ0n) is 11.4. The van der Waals surface area contributed by atoms with Crippen LogP contribution in [0.4, 0.5) is 0 Å².